The van der Waals surface area contributed by atoms with Crippen LogP contribution in [0.2, 0.25) is 0 Å². The van der Waals surface area contributed by atoms with Crippen molar-refractivity contribution in [2.24, 2.45) is 0 Å². The van der Waals surface area contributed by atoms with Crippen LogP contribution in [0.1, 0.15) is 0 Å². The number of nitrogens with zero attached hydrogens (tertiary/aromatic N) is 2. The summed E-state index contributed by atoms with van der Waals surface area (Å²) in [5.41, 5.74) is 0. The summed E-state index contributed by atoms with van der Waals surface area (Å²) in [6.07, 6.45) is 8.29. The summed E-state index contributed by atoms with van der Waals surface area (Å²) in [4.78, 5) is 0. The molecule has 2 nitrogen and oxygen atoms in total. The second kappa shape index (κ2) is 1.48. The number of hydrogen-bond acceptors (Lipinski definition) is 1. The fraction of sp³-hybridized carbons (Fsp3) is 0. The third-order valence-electron chi connectivity index (χ3n) is 0.637. The Morgan fingerprint density at radius 3 is 2.86 bits per heavy atom. The Bertz CT molecular complexity index is 168. The van der Waals surface area contributed by atoms with E-state index in [1.165, 1.54) is 4.68 Å². The van der Waals surface area contributed by atoms with Gasteiger partial charge in [0.25, 0.3) is 0 Å². The minimum absolute atomic E-state index is 1.40. The van der Waals surface area contributed by atoms with E-state index in [1.54, 1.807) is 18.5 Å². The molecule has 1 rings (SSSR count). The SMILES string of the molecule is C#Cn1cccn1. The van der Waals surface area contributed by atoms with Crippen molar-refractivity contribution in [3.8, 4) is 12.5 Å². The molecule has 0 bridgehead atoms. The molecular formula is C5H4N2. The molecule has 0 amide bonds. The van der Waals surface area contributed by atoms with Crippen LogP contribution < -0.4 is 0 Å². The summed E-state index contributed by atoms with van der Waals surface area (Å²) in [6.45, 7) is 0. The first-order valence-corrected chi connectivity index (χ1v) is 1.90. The van der Waals surface area contributed by atoms with Crippen LogP contribution in [-0.2, 0) is 0 Å². The third-order valence-corrected chi connectivity index (χ3v) is 0.637. The Labute approximate surface area is 41.8 Å². The normalized spacial score (nSPS) is 7.86. The van der Waals surface area contributed by atoms with E-state index in [0.29, 0.717) is 0 Å². The molecule has 0 aliphatic heterocycles. The van der Waals surface area contributed by atoms with Crippen LogP contribution in [0.15, 0.2) is 18.5 Å². The molecule has 0 spiro atoms. The van der Waals surface area contributed by atoms with E-state index >= 15 is 0 Å². The van der Waals surface area contributed by atoms with Crippen LogP contribution >= 0.6 is 0 Å². The van der Waals surface area contributed by atoms with Crippen molar-refractivity contribution >= 4 is 0 Å². The zero-order valence-corrected chi connectivity index (χ0v) is 3.70. The van der Waals surface area contributed by atoms with Gasteiger partial charge in [0.2, 0.25) is 0 Å². The van der Waals surface area contributed by atoms with Crippen molar-refractivity contribution in [2.75, 3.05) is 0 Å². The Balaban J connectivity index is 3.04. The predicted molar refractivity (Wildman–Crippen MR) is 26.5 cm³/mol. The first-order chi connectivity index (χ1) is 3.43. The highest BCUT2D eigenvalue weighted by Gasteiger charge is 1.73. The van der Waals surface area contributed by atoms with Gasteiger partial charge in [-0.25, -0.2) is 0 Å². The van der Waals surface area contributed by atoms with Crippen LogP contribution in [0.5, 0.6) is 0 Å². The third kappa shape index (κ3) is 0.606. The predicted octanol–water partition coefficient (Wildman–Crippen LogP) is 0.322. The molecule has 0 saturated carbocycles. The van der Waals surface area contributed by atoms with Crippen LogP contribution in [0.4, 0.5) is 0 Å². The molecule has 1 heterocycles. The highest BCUT2D eigenvalue weighted by molar-refractivity contribution is 4.91. The van der Waals surface area contributed by atoms with Crippen molar-refractivity contribution in [2.45, 2.75) is 0 Å². The molecule has 0 aliphatic carbocycles. The van der Waals surface area contributed by atoms with Crippen LogP contribution in [0.25, 0.3) is 0 Å². The highest BCUT2D eigenvalue weighted by Crippen LogP contribution is 1.75. The second-order valence-corrected chi connectivity index (χ2v) is 1.08. The number of aromatic nitrogens is 2. The summed E-state index contributed by atoms with van der Waals surface area (Å²) >= 11 is 0. The van der Waals surface area contributed by atoms with E-state index in [-0.39, 0.29) is 0 Å². The van der Waals surface area contributed by atoms with Gasteiger partial charge in [-0.05, 0) is 6.07 Å². The summed E-state index contributed by atoms with van der Waals surface area (Å²) in [6, 6.07) is 4.09. The molecule has 0 fully saturated rings. The maximum Gasteiger partial charge on any atom is 0.0501 e. The summed E-state index contributed by atoms with van der Waals surface area (Å²) in [7, 11) is 0. The fourth-order valence-electron chi connectivity index (χ4n) is 0.345. The zero-order valence-electron chi connectivity index (χ0n) is 3.70. The van der Waals surface area contributed by atoms with Gasteiger partial charge >= 0.3 is 0 Å². The van der Waals surface area contributed by atoms with Crippen LogP contribution in [0, 0.1) is 12.5 Å². The number of rotatable bonds is 0. The van der Waals surface area contributed by atoms with Crippen molar-refractivity contribution in [3.05, 3.63) is 18.5 Å². The Kier molecular flexibility index (Phi) is 0.833. The molecule has 2 heteroatoms. The number of terminal acetylenes is 1. The Morgan fingerprint density at radius 2 is 2.57 bits per heavy atom. The van der Waals surface area contributed by atoms with Crippen molar-refractivity contribution in [1.82, 2.24) is 9.78 Å². The van der Waals surface area contributed by atoms with Gasteiger partial charge < -0.3 is 0 Å². The minimum Gasteiger partial charge on any atom is -0.197 e. The van der Waals surface area contributed by atoms with E-state index in [2.05, 4.69) is 11.1 Å². The van der Waals surface area contributed by atoms with Gasteiger partial charge in [-0.2, -0.15) is 9.78 Å². The van der Waals surface area contributed by atoms with Crippen LogP contribution in [-0.4, -0.2) is 9.78 Å². The largest absolute Gasteiger partial charge is 0.197 e. The molecular weight excluding hydrogens is 88.1 g/mol. The summed E-state index contributed by atoms with van der Waals surface area (Å²) in [5.74, 6) is 0. The van der Waals surface area contributed by atoms with Crippen molar-refractivity contribution in [1.29, 1.82) is 0 Å². The average Bonchev–Trinajstić information content (AvgIpc) is 2.14. The summed E-state index contributed by atoms with van der Waals surface area (Å²) in [5, 5.41) is 3.72. The first-order valence-electron chi connectivity index (χ1n) is 1.90. The van der Waals surface area contributed by atoms with E-state index in [4.69, 9.17) is 6.42 Å². The smallest absolute Gasteiger partial charge is 0.0501 e. The average molecular weight is 92.1 g/mol. The van der Waals surface area contributed by atoms with Gasteiger partial charge in [-0.15, -0.1) is 0 Å². The molecule has 1 aromatic heterocycles. The molecule has 0 saturated heterocycles. The molecule has 7 heavy (non-hydrogen) atoms. The van der Waals surface area contributed by atoms with E-state index < -0.39 is 0 Å². The van der Waals surface area contributed by atoms with E-state index in [9.17, 15) is 0 Å². The molecule has 0 unspecified atom stereocenters. The lowest BCUT2D eigenvalue weighted by atomic mass is 10.8. The van der Waals surface area contributed by atoms with Gasteiger partial charge in [-0.1, -0.05) is 6.42 Å². The van der Waals surface area contributed by atoms with Gasteiger partial charge in [0, 0.05) is 12.2 Å². The minimum atomic E-state index is 1.40. The Hall–Kier alpha value is -1.23. The molecule has 0 atom stereocenters. The standard InChI is InChI=1S/C5H4N2/c1-2-7-5-3-4-6-7/h1,3-5H. The highest BCUT2D eigenvalue weighted by atomic mass is 15.2. The molecule has 34 valence electrons. The zero-order chi connectivity index (χ0) is 5.11. The quantitative estimate of drug-likeness (QED) is 0.421. The lowest BCUT2D eigenvalue weighted by molar-refractivity contribution is 0.918. The molecule has 0 aliphatic rings. The van der Waals surface area contributed by atoms with E-state index in [1.807, 2.05) is 0 Å². The van der Waals surface area contributed by atoms with Gasteiger partial charge in [0.05, 0.1) is 6.20 Å². The monoisotopic (exact) mass is 92.0 g/mol. The molecule has 0 N–H and O–H groups in total. The molecule has 0 radical (unpaired) electrons. The first kappa shape index (κ1) is 3.94. The van der Waals surface area contributed by atoms with Gasteiger partial charge in [-0.3, -0.25) is 0 Å². The Morgan fingerprint density at radius 1 is 1.71 bits per heavy atom. The maximum atomic E-state index is 4.94. The topological polar surface area (TPSA) is 17.8 Å². The van der Waals surface area contributed by atoms with Gasteiger partial charge in [0.15, 0.2) is 0 Å². The summed E-state index contributed by atoms with van der Waals surface area (Å²) < 4.78 is 1.40. The number of hydrogen-bond donors (Lipinski definition) is 0. The van der Waals surface area contributed by atoms with Gasteiger partial charge in [0.1, 0.15) is 0 Å². The van der Waals surface area contributed by atoms with Crippen LogP contribution in [0.3, 0.4) is 0 Å². The second-order valence-electron chi connectivity index (χ2n) is 1.08. The molecule has 0 aromatic carbocycles. The van der Waals surface area contributed by atoms with Crippen molar-refractivity contribution < 1.29 is 0 Å². The lowest BCUT2D eigenvalue weighted by Crippen LogP contribution is -1.84. The fourth-order valence-corrected chi connectivity index (χ4v) is 0.345. The molecule has 1 aromatic rings. The van der Waals surface area contributed by atoms with Crippen molar-refractivity contribution in [3.63, 3.8) is 0 Å². The lowest BCUT2D eigenvalue weighted by Gasteiger charge is -1.76. The maximum absolute atomic E-state index is 4.94. The van der Waals surface area contributed by atoms with E-state index in [0.717, 1.165) is 0 Å².